The van der Waals surface area contributed by atoms with Crippen molar-refractivity contribution in [2.45, 2.75) is 45.2 Å². The van der Waals surface area contributed by atoms with Crippen molar-refractivity contribution in [3.8, 4) is 0 Å². The molecule has 5 heteroatoms. The molecule has 0 aromatic heterocycles. The van der Waals surface area contributed by atoms with Gasteiger partial charge in [-0.05, 0) is 13.3 Å². The second-order valence-electron chi connectivity index (χ2n) is 4.86. The van der Waals surface area contributed by atoms with Crippen LogP contribution >= 0.6 is 0 Å². The number of nitrogens with zero attached hydrogens (tertiary/aromatic N) is 1. The molecule has 0 heterocycles. The first-order valence-electron chi connectivity index (χ1n) is 5.42. The van der Waals surface area contributed by atoms with Crippen LogP contribution in [0.5, 0.6) is 0 Å². The number of carbonyl (C=O) groups is 2. The fourth-order valence-electron chi connectivity index (χ4n) is 1.77. The van der Waals surface area contributed by atoms with Crippen LogP contribution < -0.4 is 0 Å². The van der Waals surface area contributed by atoms with E-state index in [2.05, 4.69) is 0 Å². The van der Waals surface area contributed by atoms with Gasteiger partial charge in [0.05, 0.1) is 20.1 Å². The SMILES string of the molecule is CCCC(C)[N+](C)(C)C(C)(C(=O)O)C(=O)O. The van der Waals surface area contributed by atoms with E-state index in [4.69, 9.17) is 10.2 Å². The first-order valence-corrected chi connectivity index (χ1v) is 5.42. The van der Waals surface area contributed by atoms with Gasteiger partial charge in [-0.1, -0.05) is 13.3 Å². The highest BCUT2D eigenvalue weighted by atomic mass is 16.4. The molecule has 1 atom stereocenters. The van der Waals surface area contributed by atoms with Crippen molar-refractivity contribution in [2.24, 2.45) is 0 Å². The Labute approximate surface area is 96.3 Å². The van der Waals surface area contributed by atoms with Gasteiger partial charge in [-0.25, -0.2) is 9.59 Å². The molecule has 0 bridgehead atoms. The monoisotopic (exact) mass is 232 g/mol. The second-order valence-corrected chi connectivity index (χ2v) is 4.86. The summed E-state index contributed by atoms with van der Waals surface area (Å²) in [5, 5.41) is 18.3. The van der Waals surface area contributed by atoms with E-state index in [0.717, 1.165) is 12.8 Å². The molecule has 0 amide bonds. The van der Waals surface area contributed by atoms with Crippen molar-refractivity contribution in [1.82, 2.24) is 0 Å². The Morgan fingerprint density at radius 3 is 1.88 bits per heavy atom. The molecule has 0 fully saturated rings. The molecule has 0 aromatic carbocycles. The smallest absolute Gasteiger partial charge is 0.377 e. The molecule has 0 aliphatic rings. The summed E-state index contributed by atoms with van der Waals surface area (Å²) in [6.07, 6.45) is 1.70. The van der Waals surface area contributed by atoms with Crippen LogP contribution in [-0.4, -0.2) is 52.3 Å². The zero-order valence-electron chi connectivity index (χ0n) is 10.6. The van der Waals surface area contributed by atoms with Gasteiger partial charge in [-0.15, -0.1) is 0 Å². The number of aliphatic carboxylic acids is 2. The number of hydrogen-bond donors (Lipinski definition) is 2. The minimum atomic E-state index is -1.81. The van der Waals surface area contributed by atoms with E-state index in [1.165, 1.54) is 6.92 Å². The van der Waals surface area contributed by atoms with Crippen molar-refractivity contribution >= 4 is 11.9 Å². The number of quaternary nitrogens is 1. The Balaban J connectivity index is 5.36. The number of likely N-dealkylation sites (N-methyl/N-ethyl adjacent to an activating group) is 1. The van der Waals surface area contributed by atoms with Crippen molar-refractivity contribution in [1.29, 1.82) is 0 Å². The summed E-state index contributed by atoms with van der Waals surface area (Å²) in [6.45, 7) is 5.15. The van der Waals surface area contributed by atoms with Gasteiger partial charge in [0.25, 0.3) is 5.54 Å². The molecule has 0 rings (SSSR count). The van der Waals surface area contributed by atoms with Crippen LogP contribution in [0, 0.1) is 0 Å². The lowest BCUT2D eigenvalue weighted by Crippen LogP contribution is -2.69. The largest absolute Gasteiger partial charge is 0.476 e. The standard InChI is InChI=1S/C11H21NO4/c1-6-7-8(2)12(4,5)11(3,9(13)14)10(15)16/h8H,6-7H2,1-5H3,(H-,13,14,15,16)/p+1. The summed E-state index contributed by atoms with van der Waals surface area (Å²) in [7, 11) is 3.31. The maximum absolute atomic E-state index is 11.2. The Morgan fingerprint density at radius 1 is 1.25 bits per heavy atom. The number of hydrogen-bond acceptors (Lipinski definition) is 2. The molecule has 0 aromatic rings. The molecule has 1 unspecified atom stereocenters. The summed E-state index contributed by atoms with van der Waals surface area (Å²) in [5.41, 5.74) is -1.81. The summed E-state index contributed by atoms with van der Waals surface area (Å²) < 4.78 is -0.0640. The van der Waals surface area contributed by atoms with Crippen molar-refractivity contribution in [3.63, 3.8) is 0 Å². The molecular formula is C11H22NO4+. The normalized spacial score (nSPS) is 14.6. The van der Waals surface area contributed by atoms with Crippen molar-refractivity contribution in [3.05, 3.63) is 0 Å². The predicted molar refractivity (Wildman–Crippen MR) is 60.2 cm³/mol. The summed E-state index contributed by atoms with van der Waals surface area (Å²) in [4.78, 5) is 22.4. The highest BCUT2D eigenvalue weighted by Crippen LogP contribution is 2.27. The van der Waals surface area contributed by atoms with Gasteiger partial charge in [-0.2, -0.15) is 0 Å². The zero-order valence-corrected chi connectivity index (χ0v) is 10.6. The van der Waals surface area contributed by atoms with Crippen LogP contribution in [0.2, 0.25) is 0 Å². The van der Waals surface area contributed by atoms with Crippen LogP contribution in [0.1, 0.15) is 33.6 Å². The maximum Gasteiger partial charge on any atom is 0.377 e. The van der Waals surface area contributed by atoms with Gasteiger partial charge >= 0.3 is 11.9 Å². The molecule has 0 radical (unpaired) electrons. The summed E-state index contributed by atoms with van der Waals surface area (Å²) >= 11 is 0. The van der Waals surface area contributed by atoms with Gasteiger partial charge in [-0.3, -0.25) is 0 Å². The Bertz CT molecular complexity index is 272. The van der Waals surface area contributed by atoms with Gasteiger partial charge in [0.15, 0.2) is 0 Å². The molecule has 0 aliphatic heterocycles. The van der Waals surface area contributed by atoms with Gasteiger partial charge in [0, 0.05) is 6.92 Å². The van der Waals surface area contributed by atoms with Crippen LogP contribution in [-0.2, 0) is 9.59 Å². The third kappa shape index (κ3) is 2.19. The Hall–Kier alpha value is -1.10. The van der Waals surface area contributed by atoms with Gasteiger partial charge < -0.3 is 14.7 Å². The molecule has 0 aliphatic carbocycles. The molecule has 0 saturated carbocycles. The highest BCUT2D eigenvalue weighted by molar-refractivity contribution is 6.01. The van der Waals surface area contributed by atoms with E-state index >= 15 is 0 Å². The van der Waals surface area contributed by atoms with E-state index in [9.17, 15) is 9.59 Å². The third-order valence-corrected chi connectivity index (χ3v) is 3.79. The zero-order chi connectivity index (χ0) is 13.1. The second kappa shape index (κ2) is 4.82. The number of carboxylic acid groups (broad SMARTS) is 2. The van der Waals surface area contributed by atoms with E-state index in [1.54, 1.807) is 14.1 Å². The van der Waals surface area contributed by atoms with Gasteiger partial charge in [0.1, 0.15) is 0 Å². The first kappa shape index (κ1) is 14.9. The molecule has 94 valence electrons. The Kier molecular flexibility index (Phi) is 4.49. The average molecular weight is 232 g/mol. The van der Waals surface area contributed by atoms with Crippen LogP contribution in [0.3, 0.4) is 0 Å². The average Bonchev–Trinajstić information content (AvgIpc) is 2.15. The molecule has 0 saturated heterocycles. The predicted octanol–water partition coefficient (Wildman–Crippen LogP) is 1.18. The fraction of sp³-hybridized carbons (Fsp3) is 0.818. The lowest BCUT2D eigenvalue weighted by atomic mass is 9.94. The van der Waals surface area contributed by atoms with E-state index in [0.29, 0.717) is 0 Å². The lowest BCUT2D eigenvalue weighted by Gasteiger charge is -2.45. The number of carboxylic acids is 2. The summed E-state index contributed by atoms with van der Waals surface area (Å²) in [6, 6.07) is -0.0257. The quantitative estimate of drug-likeness (QED) is 0.532. The molecule has 5 nitrogen and oxygen atoms in total. The van der Waals surface area contributed by atoms with E-state index in [-0.39, 0.29) is 10.5 Å². The van der Waals surface area contributed by atoms with Crippen LogP contribution in [0.4, 0.5) is 0 Å². The maximum atomic E-state index is 11.2. The summed E-state index contributed by atoms with van der Waals surface area (Å²) in [5.74, 6) is -2.60. The van der Waals surface area contributed by atoms with E-state index < -0.39 is 17.5 Å². The molecule has 2 N–H and O–H groups in total. The minimum absolute atomic E-state index is 0.0257. The van der Waals surface area contributed by atoms with Crippen LogP contribution in [0.15, 0.2) is 0 Å². The first-order chi connectivity index (χ1) is 7.12. The molecule has 0 spiro atoms. The van der Waals surface area contributed by atoms with Crippen LogP contribution in [0.25, 0.3) is 0 Å². The fourth-order valence-corrected chi connectivity index (χ4v) is 1.77. The van der Waals surface area contributed by atoms with Crippen molar-refractivity contribution < 1.29 is 24.3 Å². The Morgan fingerprint density at radius 2 is 1.62 bits per heavy atom. The topological polar surface area (TPSA) is 74.6 Å². The number of rotatable bonds is 6. The van der Waals surface area contributed by atoms with E-state index in [1.807, 2.05) is 13.8 Å². The third-order valence-electron chi connectivity index (χ3n) is 3.79. The van der Waals surface area contributed by atoms with Gasteiger partial charge in [0.2, 0.25) is 0 Å². The molecule has 16 heavy (non-hydrogen) atoms. The van der Waals surface area contributed by atoms with Crippen molar-refractivity contribution in [2.75, 3.05) is 14.1 Å². The lowest BCUT2D eigenvalue weighted by molar-refractivity contribution is -0.942. The minimum Gasteiger partial charge on any atom is -0.476 e. The highest BCUT2D eigenvalue weighted by Gasteiger charge is 2.57. The molecular weight excluding hydrogens is 210 g/mol.